The summed E-state index contributed by atoms with van der Waals surface area (Å²) in [6.45, 7) is 0.161. The number of hydrogen-bond donors (Lipinski definition) is 4. The molecular formula is C25H26N4O6. The number of aliphatic hydroxyl groups excluding tert-OH is 1. The van der Waals surface area contributed by atoms with Crippen molar-refractivity contribution in [1.82, 2.24) is 20.4 Å². The van der Waals surface area contributed by atoms with Crippen LogP contribution in [-0.4, -0.2) is 57.2 Å². The molecule has 0 bridgehead atoms. The minimum atomic E-state index is -1.56. The number of fused-ring (bicyclic) bond motifs is 3. The van der Waals surface area contributed by atoms with Crippen LogP contribution in [0.2, 0.25) is 0 Å². The molecule has 1 atom stereocenters. The number of nitrogens with one attached hydrogen (secondary N) is 2. The van der Waals surface area contributed by atoms with Crippen LogP contribution in [0.15, 0.2) is 54.7 Å². The lowest BCUT2D eigenvalue weighted by molar-refractivity contribution is -0.146. The van der Waals surface area contributed by atoms with Gasteiger partial charge in [0.2, 0.25) is 0 Å². The Morgan fingerprint density at radius 1 is 1.06 bits per heavy atom. The summed E-state index contributed by atoms with van der Waals surface area (Å²) in [5.41, 5.74) is 5.19. The van der Waals surface area contributed by atoms with Gasteiger partial charge in [0.15, 0.2) is 6.10 Å². The maximum absolute atomic E-state index is 12.5. The fraction of sp³-hybridized carbons (Fsp3) is 0.280. The molecule has 2 aromatic carbocycles. The number of aliphatic hydroxyl groups is 1. The number of alkyl carbamates (subject to hydrolysis) is 1. The first kappa shape index (κ1) is 24.0. The quantitative estimate of drug-likeness (QED) is 0.368. The third-order valence-electron chi connectivity index (χ3n) is 5.98. The number of rotatable bonds is 9. The minimum absolute atomic E-state index is 0.0189. The normalized spacial score (nSPS) is 13.0. The summed E-state index contributed by atoms with van der Waals surface area (Å²) in [6.07, 6.45) is -0.847. The monoisotopic (exact) mass is 478 g/mol. The molecule has 2 amide bonds. The number of carboxylic acid groups (broad SMARTS) is 1. The van der Waals surface area contributed by atoms with Crippen molar-refractivity contribution >= 4 is 18.0 Å². The lowest BCUT2D eigenvalue weighted by atomic mass is 9.98. The van der Waals surface area contributed by atoms with Gasteiger partial charge in [-0.15, -0.1) is 0 Å². The average Bonchev–Trinajstić information content (AvgIpc) is 3.38. The van der Waals surface area contributed by atoms with E-state index in [9.17, 15) is 19.5 Å². The number of aromatic nitrogens is 2. The molecule has 0 saturated carbocycles. The van der Waals surface area contributed by atoms with Crippen molar-refractivity contribution in [3.8, 4) is 11.1 Å². The molecule has 4 N–H and O–H groups in total. The molecule has 1 heterocycles. The highest BCUT2D eigenvalue weighted by atomic mass is 16.5. The highest BCUT2D eigenvalue weighted by molar-refractivity contribution is 5.94. The summed E-state index contributed by atoms with van der Waals surface area (Å²) in [4.78, 5) is 35.7. The molecule has 0 spiro atoms. The standard InChI is InChI=1S/C25H26N4O6/c1-29-22(23(31)26-11-10-21(30)24(32)33)15(13-28-29)12-27-25(34)35-14-20-18-8-4-2-6-16(18)17-7-3-5-9-19(17)20/h2-9,13,20-21,30H,10-12,14H2,1H3,(H,26,31)(H,27,34)(H,32,33)/t21-/m0/s1. The first-order chi connectivity index (χ1) is 16.9. The smallest absolute Gasteiger partial charge is 0.407 e. The van der Waals surface area contributed by atoms with Crippen molar-refractivity contribution in [1.29, 1.82) is 0 Å². The number of carbonyl (C=O) groups excluding carboxylic acids is 2. The SMILES string of the molecule is Cn1ncc(CNC(=O)OCC2c3ccccc3-c3ccccc32)c1C(=O)NCC[C@H](O)C(=O)O. The van der Waals surface area contributed by atoms with Gasteiger partial charge in [0.1, 0.15) is 12.3 Å². The summed E-state index contributed by atoms with van der Waals surface area (Å²) < 4.78 is 6.88. The molecule has 0 unspecified atom stereocenters. The van der Waals surface area contributed by atoms with Crippen LogP contribution in [0.5, 0.6) is 0 Å². The van der Waals surface area contributed by atoms with Crippen molar-refractivity contribution in [2.24, 2.45) is 7.05 Å². The summed E-state index contributed by atoms with van der Waals surface area (Å²) in [6, 6.07) is 16.1. The second-order valence-corrected chi connectivity index (χ2v) is 8.22. The van der Waals surface area contributed by atoms with Crippen LogP contribution in [0.25, 0.3) is 11.1 Å². The number of carboxylic acids is 1. The Hall–Kier alpha value is -4.18. The van der Waals surface area contributed by atoms with Gasteiger partial charge in [0.25, 0.3) is 5.91 Å². The lowest BCUT2D eigenvalue weighted by Crippen LogP contribution is -2.32. The lowest BCUT2D eigenvalue weighted by Gasteiger charge is -2.14. The van der Waals surface area contributed by atoms with Crippen molar-refractivity contribution < 1.29 is 29.3 Å². The molecule has 0 radical (unpaired) electrons. The fourth-order valence-electron chi connectivity index (χ4n) is 4.25. The van der Waals surface area contributed by atoms with Crippen molar-refractivity contribution in [2.45, 2.75) is 25.0 Å². The topological polar surface area (TPSA) is 143 Å². The van der Waals surface area contributed by atoms with E-state index in [4.69, 9.17) is 9.84 Å². The van der Waals surface area contributed by atoms with E-state index in [1.165, 1.54) is 10.9 Å². The van der Waals surface area contributed by atoms with Gasteiger partial charge in [-0.2, -0.15) is 5.10 Å². The predicted molar refractivity (Wildman–Crippen MR) is 126 cm³/mol. The summed E-state index contributed by atoms with van der Waals surface area (Å²) in [5, 5.41) is 27.3. The molecule has 1 aliphatic carbocycles. The van der Waals surface area contributed by atoms with E-state index in [1.54, 1.807) is 7.05 Å². The molecule has 3 aromatic rings. The van der Waals surface area contributed by atoms with E-state index in [0.717, 1.165) is 22.3 Å². The molecule has 10 nitrogen and oxygen atoms in total. The van der Waals surface area contributed by atoms with Gasteiger partial charge in [-0.3, -0.25) is 9.48 Å². The number of aryl methyl sites for hydroxylation is 1. The molecular weight excluding hydrogens is 452 g/mol. The van der Waals surface area contributed by atoms with E-state index in [1.807, 2.05) is 36.4 Å². The minimum Gasteiger partial charge on any atom is -0.479 e. The summed E-state index contributed by atoms with van der Waals surface area (Å²) >= 11 is 0. The van der Waals surface area contributed by atoms with Gasteiger partial charge in [-0.05, 0) is 22.3 Å². The molecule has 0 fully saturated rings. The van der Waals surface area contributed by atoms with Crippen molar-refractivity contribution in [3.05, 3.63) is 77.1 Å². The summed E-state index contributed by atoms with van der Waals surface area (Å²) in [5.74, 6) is -1.91. The molecule has 182 valence electrons. The number of aliphatic carboxylic acids is 1. The molecule has 1 aliphatic rings. The van der Waals surface area contributed by atoms with Gasteiger partial charge in [0, 0.05) is 31.5 Å². The average molecular weight is 479 g/mol. The first-order valence-electron chi connectivity index (χ1n) is 11.2. The van der Waals surface area contributed by atoms with Crippen LogP contribution in [0.3, 0.4) is 0 Å². The van der Waals surface area contributed by atoms with E-state index < -0.39 is 24.1 Å². The Bertz CT molecular complexity index is 1210. The van der Waals surface area contributed by atoms with E-state index in [0.29, 0.717) is 5.56 Å². The van der Waals surface area contributed by atoms with Gasteiger partial charge in [-0.25, -0.2) is 9.59 Å². The van der Waals surface area contributed by atoms with Crippen molar-refractivity contribution in [2.75, 3.05) is 13.2 Å². The first-order valence-corrected chi connectivity index (χ1v) is 11.2. The van der Waals surface area contributed by atoms with Crippen LogP contribution >= 0.6 is 0 Å². The zero-order chi connectivity index (χ0) is 24.9. The van der Waals surface area contributed by atoms with E-state index >= 15 is 0 Å². The fourth-order valence-corrected chi connectivity index (χ4v) is 4.25. The maximum Gasteiger partial charge on any atom is 0.407 e. The maximum atomic E-state index is 12.5. The second kappa shape index (κ2) is 10.4. The van der Waals surface area contributed by atoms with Gasteiger partial charge in [-0.1, -0.05) is 48.5 Å². The zero-order valence-corrected chi connectivity index (χ0v) is 19.1. The van der Waals surface area contributed by atoms with Gasteiger partial charge in [0.05, 0.1) is 12.7 Å². The molecule has 1 aromatic heterocycles. The molecule has 35 heavy (non-hydrogen) atoms. The van der Waals surface area contributed by atoms with Gasteiger partial charge < -0.3 is 25.6 Å². The Morgan fingerprint density at radius 2 is 1.69 bits per heavy atom. The zero-order valence-electron chi connectivity index (χ0n) is 19.1. The Labute approximate surface area is 201 Å². The molecule has 0 aliphatic heterocycles. The number of amides is 2. The third-order valence-corrected chi connectivity index (χ3v) is 5.98. The Morgan fingerprint density at radius 3 is 2.31 bits per heavy atom. The number of nitrogens with zero attached hydrogens (tertiary/aromatic N) is 2. The Kier molecular flexibility index (Phi) is 7.11. The van der Waals surface area contributed by atoms with E-state index in [-0.39, 0.29) is 37.7 Å². The molecule has 4 rings (SSSR count). The van der Waals surface area contributed by atoms with Crippen LogP contribution in [0.1, 0.15) is 39.5 Å². The molecule has 10 heteroatoms. The largest absolute Gasteiger partial charge is 0.479 e. The van der Waals surface area contributed by atoms with Gasteiger partial charge >= 0.3 is 12.1 Å². The number of ether oxygens (including phenoxy) is 1. The number of benzene rings is 2. The highest BCUT2D eigenvalue weighted by Crippen LogP contribution is 2.44. The van der Waals surface area contributed by atoms with E-state index in [2.05, 4.69) is 27.9 Å². The number of hydrogen-bond acceptors (Lipinski definition) is 6. The number of carbonyl (C=O) groups is 3. The summed E-state index contributed by atoms with van der Waals surface area (Å²) in [7, 11) is 1.58. The third kappa shape index (κ3) is 5.17. The van der Waals surface area contributed by atoms with Crippen LogP contribution in [-0.2, 0) is 23.1 Å². The second-order valence-electron chi connectivity index (χ2n) is 8.22. The van der Waals surface area contributed by atoms with Crippen molar-refractivity contribution in [3.63, 3.8) is 0 Å². The Balaban J connectivity index is 1.33. The highest BCUT2D eigenvalue weighted by Gasteiger charge is 2.29. The predicted octanol–water partition coefficient (Wildman–Crippen LogP) is 2.02. The van der Waals surface area contributed by atoms with Crippen LogP contribution < -0.4 is 10.6 Å². The van der Waals surface area contributed by atoms with Crippen LogP contribution in [0.4, 0.5) is 4.79 Å². The molecule has 0 saturated heterocycles. The van der Waals surface area contributed by atoms with Crippen LogP contribution in [0, 0.1) is 0 Å².